The molecule has 0 rings (SSSR count). The molecule has 0 aromatic carbocycles. The van der Waals surface area contributed by atoms with Gasteiger partial charge in [0.05, 0.1) is 31.7 Å². The minimum atomic E-state index is -4.33. The first kappa shape index (κ1) is 30.6. The average Bonchev–Trinajstić information content (AvgIpc) is 2.31. The van der Waals surface area contributed by atoms with E-state index in [9.17, 15) is 35.5 Å². The van der Waals surface area contributed by atoms with Crippen LogP contribution in [0.3, 0.4) is 0 Å². The molecule has 10 nitrogen and oxygen atoms in total. The smallest absolute Gasteiger partial charge is 0.748 e. The Balaban J connectivity index is -0.000000411. The quantitative estimate of drug-likeness (QED) is 0.260. The van der Waals surface area contributed by atoms with Crippen molar-refractivity contribution in [3.05, 3.63) is 25.3 Å². The molecule has 0 aliphatic carbocycles. The first-order valence-electron chi connectivity index (χ1n) is 7.09. The standard InChI is InChI=1S/2C7H13NO4S.Zn/c2*1-4-6(9)8-7(2,3)5-13(10,11)12;/h2*4H,1,5H2,2-3H3,(H,8,9)(H,10,11,12);/q;;+2/p-2. The van der Waals surface area contributed by atoms with Crippen molar-refractivity contribution in [2.45, 2.75) is 38.8 Å². The van der Waals surface area contributed by atoms with Gasteiger partial charge in [-0.2, -0.15) is 0 Å². The molecule has 2 N–H and O–H groups in total. The van der Waals surface area contributed by atoms with E-state index in [-0.39, 0.29) is 19.5 Å². The maximum atomic E-state index is 10.8. The molecule has 0 fully saturated rings. The average molecular weight is 478 g/mol. The molecule has 27 heavy (non-hydrogen) atoms. The number of carbonyl (C=O) groups excluding carboxylic acids is 2. The van der Waals surface area contributed by atoms with Gasteiger partial charge in [-0.05, 0) is 39.8 Å². The summed E-state index contributed by atoms with van der Waals surface area (Å²) in [5.74, 6) is -2.29. The molecule has 0 aromatic heterocycles. The van der Waals surface area contributed by atoms with Crippen LogP contribution in [0.25, 0.3) is 0 Å². The summed E-state index contributed by atoms with van der Waals surface area (Å²) in [6, 6.07) is 0. The SMILES string of the molecule is C=CC(=O)NC(C)(C)CS(=O)(=O)[O-].C=CC(=O)NC(C)(C)CS(=O)(=O)[O-].[Zn+2]. The second-order valence-corrected chi connectivity index (χ2v) is 9.37. The van der Waals surface area contributed by atoms with Crippen LogP contribution >= 0.6 is 0 Å². The fourth-order valence-electron chi connectivity index (χ4n) is 1.73. The van der Waals surface area contributed by atoms with Gasteiger partial charge in [0.2, 0.25) is 11.8 Å². The molecule has 0 aliphatic heterocycles. The maximum absolute atomic E-state index is 10.8. The van der Waals surface area contributed by atoms with E-state index in [1.165, 1.54) is 27.7 Å². The van der Waals surface area contributed by atoms with Crippen molar-refractivity contribution in [1.82, 2.24) is 10.6 Å². The van der Waals surface area contributed by atoms with Crippen molar-refractivity contribution in [3.63, 3.8) is 0 Å². The number of rotatable bonds is 8. The van der Waals surface area contributed by atoms with Gasteiger partial charge < -0.3 is 19.7 Å². The Labute approximate surface area is 173 Å². The summed E-state index contributed by atoms with van der Waals surface area (Å²) >= 11 is 0. The third-order valence-corrected chi connectivity index (χ3v) is 4.52. The summed E-state index contributed by atoms with van der Waals surface area (Å²) in [6.45, 7) is 12.2. The van der Waals surface area contributed by atoms with E-state index in [2.05, 4.69) is 23.8 Å². The van der Waals surface area contributed by atoms with E-state index in [0.29, 0.717) is 0 Å². The van der Waals surface area contributed by atoms with Crippen molar-refractivity contribution in [3.8, 4) is 0 Å². The molecular formula is C14H24N2O8S2Zn. The summed E-state index contributed by atoms with van der Waals surface area (Å²) in [4.78, 5) is 21.6. The number of hydrogen-bond acceptors (Lipinski definition) is 8. The molecule has 0 heterocycles. The third-order valence-electron chi connectivity index (χ3n) is 2.37. The first-order valence-corrected chi connectivity index (χ1v) is 10.2. The van der Waals surface area contributed by atoms with Crippen LogP contribution in [0.5, 0.6) is 0 Å². The minimum absolute atomic E-state index is 0. The Morgan fingerprint density at radius 1 is 0.815 bits per heavy atom. The van der Waals surface area contributed by atoms with E-state index in [4.69, 9.17) is 0 Å². The number of nitrogens with one attached hydrogen (secondary N) is 2. The van der Waals surface area contributed by atoms with E-state index in [1.807, 2.05) is 0 Å². The second-order valence-electron chi connectivity index (χ2n) is 6.56. The van der Waals surface area contributed by atoms with E-state index in [1.54, 1.807) is 0 Å². The Kier molecular flexibility index (Phi) is 13.2. The van der Waals surface area contributed by atoms with Crippen LogP contribution < -0.4 is 10.6 Å². The van der Waals surface area contributed by atoms with Gasteiger partial charge in [0, 0.05) is 11.1 Å². The molecule has 2 amide bonds. The topological polar surface area (TPSA) is 173 Å². The fourth-order valence-corrected chi connectivity index (χ4v) is 3.64. The van der Waals surface area contributed by atoms with Gasteiger partial charge in [0.15, 0.2) is 0 Å². The molecule has 0 aliphatic rings. The molecule has 0 atom stereocenters. The predicted octanol–water partition coefficient (Wildman–Crippen LogP) is -0.778. The van der Waals surface area contributed by atoms with E-state index in [0.717, 1.165) is 12.2 Å². The number of hydrogen-bond donors (Lipinski definition) is 2. The van der Waals surface area contributed by atoms with Gasteiger partial charge in [-0.1, -0.05) is 13.2 Å². The molecule has 152 valence electrons. The Bertz CT molecular complexity index is 679. The Morgan fingerprint density at radius 2 is 1.04 bits per heavy atom. The zero-order valence-corrected chi connectivity index (χ0v) is 20.4. The molecule has 0 spiro atoms. The molecule has 0 unspecified atom stereocenters. The van der Waals surface area contributed by atoms with Gasteiger partial charge in [-0.15, -0.1) is 0 Å². The zero-order chi connectivity index (χ0) is 21.4. The maximum Gasteiger partial charge on any atom is 2.00 e. The van der Waals surface area contributed by atoms with Crippen LogP contribution in [0.15, 0.2) is 25.3 Å². The summed E-state index contributed by atoms with van der Waals surface area (Å²) in [5, 5.41) is 4.65. The predicted molar refractivity (Wildman–Crippen MR) is 94.0 cm³/mol. The van der Waals surface area contributed by atoms with Crippen LogP contribution in [0.1, 0.15) is 27.7 Å². The zero-order valence-electron chi connectivity index (χ0n) is 15.8. The van der Waals surface area contributed by atoms with Gasteiger partial charge in [-0.25, -0.2) is 16.8 Å². The van der Waals surface area contributed by atoms with Gasteiger partial charge in [0.25, 0.3) is 0 Å². The first-order chi connectivity index (χ1) is 11.3. The monoisotopic (exact) mass is 476 g/mol. The summed E-state index contributed by atoms with van der Waals surface area (Å²) in [6.07, 6.45) is 2.03. The largest absolute Gasteiger partial charge is 2.00 e. The normalized spacial score (nSPS) is 11.8. The van der Waals surface area contributed by atoms with E-state index < -0.39 is 54.6 Å². The molecular weight excluding hydrogens is 454 g/mol. The molecule has 0 bridgehead atoms. The Morgan fingerprint density at radius 3 is 1.19 bits per heavy atom. The molecule has 0 radical (unpaired) electrons. The van der Waals surface area contributed by atoms with Gasteiger partial charge in [-0.3, -0.25) is 9.59 Å². The van der Waals surface area contributed by atoms with Gasteiger partial charge >= 0.3 is 19.5 Å². The van der Waals surface area contributed by atoms with Crippen molar-refractivity contribution in [1.29, 1.82) is 0 Å². The van der Waals surface area contributed by atoms with E-state index >= 15 is 0 Å². The molecule has 0 aromatic rings. The van der Waals surface area contributed by atoms with Crippen molar-refractivity contribution >= 4 is 32.1 Å². The third kappa shape index (κ3) is 21.0. The minimum Gasteiger partial charge on any atom is -0.748 e. The van der Waals surface area contributed by atoms with Crippen molar-refractivity contribution in [2.24, 2.45) is 0 Å². The summed E-state index contributed by atoms with van der Waals surface area (Å²) < 4.78 is 62.3. The van der Waals surface area contributed by atoms with Crippen LogP contribution in [0, 0.1) is 0 Å². The number of amides is 2. The number of carbonyl (C=O) groups is 2. The van der Waals surface area contributed by atoms with Crippen LogP contribution in [-0.2, 0) is 49.3 Å². The molecule has 13 heteroatoms. The molecule has 0 saturated heterocycles. The van der Waals surface area contributed by atoms with Crippen LogP contribution in [-0.4, -0.2) is 60.3 Å². The van der Waals surface area contributed by atoms with Gasteiger partial charge in [0.1, 0.15) is 0 Å². The van der Waals surface area contributed by atoms with Crippen molar-refractivity contribution < 1.29 is 55.0 Å². The van der Waals surface area contributed by atoms with Crippen LogP contribution in [0.4, 0.5) is 0 Å². The summed E-state index contributed by atoms with van der Waals surface area (Å²) in [7, 11) is -8.67. The second kappa shape index (κ2) is 11.6. The fraction of sp³-hybridized carbons (Fsp3) is 0.571. The summed E-state index contributed by atoms with van der Waals surface area (Å²) in [5.41, 5.74) is -2.13. The van der Waals surface area contributed by atoms with Crippen LogP contribution in [0.2, 0.25) is 0 Å². The van der Waals surface area contributed by atoms with Crippen molar-refractivity contribution in [2.75, 3.05) is 11.5 Å². The Hall–Kier alpha value is -1.14. The molecule has 0 saturated carbocycles.